The molecule has 1 aliphatic rings. The predicted octanol–water partition coefficient (Wildman–Crippen LogP) is 3.32. The summed E-state index contributed by atoms with van der Waals surface area (Å²) in [5.41, 5.74) is 4.82. The fourth-order valence-corrected chi connectivity index (χ4v) is 4.10. The molecule has 1 aliphatic heterocycles. The van der Waals surface area contributed by atoms with Crippen LogP contribution in [0.25, 0.3) is 5.69 Å². The minimum absolute atomic E-state index is 0.417. The van der Waals surface area contributed by atoms with E-state index in [1.54, 1.807) is 41.0 Å². The Hall–Kier alpha value is -3.37. The molecule has 2 heterocycles. The molecule has 0 amide bonds. The lowest BCUT2D eigenvalue weighted by molar-refractivity contribution is -0.161. The van der Waals surface area contributed by atoms with Gasteiger partial charge in [-0.25, -0.2) is 15.1 Å². The van der Waals surface area contributed by atoms with Crippen molar-refractivity contribution in [3.05, 3.63) is 52.0 Å². The molecule has 172 valence electrons. The van der Waals surface area contributed by atoms with Crippen molar-refractivity contribution >= 4 is 65.5 Å². The van der Waals surface area contributed by atoms with Crippen LogP contribution in [-0.4, -0.2) is 49.0 Å². The van der Waals surface area contributed by atoms with Gasteiger partial charge >= 0.3 is 11.9 Å². The van der Waals surface area contributed by atoms with Crippen molar-refractivity contribution in [3.63, 3.8) is 0 Å². The Morgan fingerprint density at radius 3 is 2.30 bits per heavy atom. The number of carboxylic acids is 2. The minimum Gasteiger partial charge on any atom is -0.480 e. The first-order valence-corrected chi connectivity index (χ1v) is 10.8. The molecule has 0 spiro atoms. The molecule has 12 nitrogen and oxygen atoms in total. The number of hydrogen-bond acceptors (Lipinski definition) is 10. The zero-order chi connectivity index (χ0) is 23.5. The van der Waals surface area contributed by atoms with Crippen molar-refractivity contribution in [3.8, 4) is 5.69 Å². The highest BCUT2D eigenvalue weighted by atomic mass is 32.2. The van der Waals surface area contributed by atoms with Crippen LogP contribution < -0.4 is 16.1 Å². The van der Waals surface area contributed by atoms with Gasteiger partial charge in [-0.2, -0.15) is 0 Å². The summed E-state index contributed by atoms with van der Waals surface area (Å²) in [6.07, 6.45) is 0. The van der Waals surface area contributed by atoms with Gasteiger partial charge < -0.3 is 20.8 Å². The number of fused-ring (bicyclic) bond motifs is 1. The molecular formula is C18H16N6O6S3. The summed E-state index contributed by atoms with van der Waals surface area (Å²) in [6.45, 7) is 0. The van der Waals surface area contributed by atoms with E-state index in [-0.39, 0.29) is 0 Å². The van der Waals surface area contributed by atoms with E-state index in [0.717, 1.165) is 12.0 Å². The Kier molecular flexibility index (Phi) is 6.66. The van der Waals surface area contributed by atoms with Gasteiger partial charge in [0.15, 0.2) is 21.6 Å². The average Bonchev–Trinajstić information content (AvgIpc) is 3.13. The lowest BCUT2D eigenvalue weighted by Crippen LogP contribution is -2.52. The lowest BCUT2D eigenvalue weighted by atomic mass is 10.0. The monoisotopic (exact) mass is 508 g/mol. The third kappa shape index (κ3) is 5.01. The molecule has 3 aromatic rings. The van der Waals surface area contributed by atoms with E-state index >= 15 is 0 Å². The summed E-state index contributed by atoms with van der Waals surface area (Å²) in [6, 6.07) is 9.36. The molecule has 4 rings (SSSR count). The van der Waals surface area contributed by atoms with Gasteiger partial charge in [-0.05, 0) is 60.8 Å². The number of benzene rings is 2. The number of aromatic amines is 2. The molecule has 0 radical (unpaired) electrons. The van der Waals surface area contributed by atoms with E-state index < -0.39 is 24.0 Å². The molecule has 0 bridgehead atoms. The summed E-state index contributed by atoms with van der Waals surface area (Å²) in [5.74, 6) is -2.56. The van der Waals surface area contributed by atoms with Gasteiger partial charge in [0.2, 0.25) is 0 Å². The first-order chi connectivity index (χ1) is 15.8. The van der Waals surface area contributed by atoms with Crippen LogP contribution in [0, 0.1) is 9.54 Å². The van der Waals surface area contributed by atoms with Gasteiger partial charge in [-0.1, -0.05) is 6.07 Å². The van der Waals surface area contributed by atoms with Crippen LogP contribution >= 0.6 is 36.5 Å². The highest BCUT2D eigenvalue weighted by Crippen LogP contribution is 2.33. The molecule has 0 saturated carbocycles. The molecule has 1 aromatic heterocycles. The maximum atomic E-state index is 11.4. The van der Waals surface area contributed by atoms with Crippen molar-refractivity contribution in [1.29, 1.82) is 0 Å². The zero-order valence-corrected chi connectivity index (χ0v) is 18.8. The number of rotatable bonds is 8. The molecular weight excluding hydrogens is 492 g/mol. The fourth-order valence-electron chi connectivity index (χ4n) is 3.11. The van der Waals surface area contributed by atoms with Crippen LogP contribution in [0.1, 0.15) is 0 Å². The molecule has 2 atom stereocenters. The van der Waals surface area contributed by atoms with Gasteiger partial charge in [0.1, 0.15) is 0 Å². The van der Waals surface area contributed by atoms with Crippen molar-refractivity contribution in [1.82, 2.24) is 14.8 Å². The number of aromatic nitrogens is 3. The third-order valence-electron chi connectivity index (χ3n) is 4.59. The first-order valence-electron chi connectivity index (χ1n) is 9.22. The summed E-state index contributed by atoms with van der Waals surface area (Å²) < 4.78 is 7.58. The van der Waals surface area contributed by atoms with Gasteiger partial charge in [0, 0.05) is 4.90 Å². The van der Waals surface area contributed by atoms with E-state index in [1.165, 1.54) is 0 Å². The smallest absolute Gasteiger partial charge is 0.328 e. The average molecular weight is 509 g/mol. The second-order valence-electron chi connectivity index (χ2n) is 6.71. The first kappa shape index (κ1) is 22.8. The van der Waals surface area contributed by atoms with Crippen LogP contribution in [0.5, 0.6) is 0 Å². The minimum atomic E-state index is -1.33. The Balaban J connectivity index is 1.37. The molecule has 15 heteroatoms. The Bertz CT molecular complexity index is 1290. The van der Waals surface area contributed by atoms with Crippen molar-refractivity contribution < 1.29 is 29.1 Å². The van der Waals surface area contributed by atoms with E-state index in [4.69, 9.17) is 33.8 Å². The molecule has 0 aliphatic carbocycles. The number of H-pyrrole nitrogens is 2. The second kappa shape index (κ2) is 9.63. The number of carbonyl (C=O) groups is 2. The Morgan fingerprint density at radius 1 is 0.970 bits per heavy atom. The van der Waals surface area contributed by atoms with Crippen LogP contribution in [0.4, 0.5) is 17.1 Å². The van der Waals surface area contributed by atoms with Crippen molar-refractivity contribution in [2.24, 2.45) is 0 Å². The maximum Gasteiger partial charge on any atom is 0.328 e. The van der Waals surface area contributed by atoms with Gasteiger partial charge in [-0.3, -0.25) is 14.8 Å². The molecule has 0 saturated heterocycles. The summed E-state index contributed by atoms with van der Waals surface area (Å²) in [4.78, 5) is 28.4. The largest absolute Gasteiger partial charge is 0.480 e. The normalized spacial score (nSPS) is 16.8. The van der Waals surface area contributed by atoms with E-state index in [0.29, 0.717) is 37.2 Å². The van der Waals surface area contributed by atoms with Crippen LogP contribution in [-0.2, 0) is 18.9 Å². The molecule has 33 heavy (non-hydrogen) atoms. The summed E-state index contributed by atoms with van der Waals surface area (Å²) in [7, 11) is 0. The number of carboxylic acid groups (broad SMARTS) is 2. The van der Waals surface area contributed by atoms with E-state index in [9.17, 15) is 19.8 Å². The number of aliphatic carboxylic acids is 2. The Labute approximate surface area is 200 Å². The van der Waals surface area contributed by atoms with Gasteiger partial charge in [-0.15, -0.1) is 9.32 Å². The highest BCUT2D eigenvalue weighted by Gasteiger charge is 2.37. The predicted molar refractivity (Wildman–Crippen MR) is 124 cm³/mol. The number of nitrogens with one attached hydrogen (secondary N) is 5. The number of nitrogens with zero attached hydrogens (tertiary/aromatic N) is 1. The second-order valence-corrected chi connectivity index (χ2v) is 8.26. The fraction of sp³-hybridized carbons (Fsp3) is 0.111. The number of hydrogen-bond donors (Lipinski definition) is 7. The topological polar surface area (TPSA) is 166 Å². The molecule has 2 aromatic carbocycles. The van der Waals surface area contributed by atoms with E-state index in [2.05, 4.69) is 26.3 Å². The van der Waals surface area contributed by atoms with Crippen molar-refractivity contribution in [2.75, 3.05) is 16.1 Å². The summed E-state index contributed by atoms with van der Waals surface area (Å²) in [5, 5.41) is 29.5. The highest BCUT2D eigenvalue weighted by molar-refractivity contribution is 7.94. The van der Waals surface area contributed by atoms with E-state index in [1.807, 2.05) is 6.07 Å². The zero-order valence-electron chi connectivity index (χ0n) is 16.4. The van der Waals surface area contributed by atoms with Crippen molar-refractivity contribution in [2.45, 2.75) is 17.0 Å². The summed E-state index contributed by atoms with van der Waals surface area (Å²) >= 11 is 11.3. The SMILES string of the molecule is O=C(O)C1Nc2ccc(SOONc3cccc(-n4c(=S)[nH][nH]c4=S)c3)cc2NC1C(=O)O. The van der Waals surface area contributed by atoms with Crippen LogP contribution in [0.2, 0.25) is 0 Å². The van der Waals surface area contributed by atoms with Crippen LogP contribution in [0.15, 0.2) is 47.4 Å². The Morgan fingerprint density at radius 2 is 1.64 bits per heavy atom. The molecule has 2 unspecified atom stereocenters. The molecule has 7 N–H and O–H groups in total. The van der Waals surface area contributed by atoms with Gasteiger partial charge in [0.05, 0.1) is 34.8 Å². The van der Waals surface area contributed by atoms with Crippen LogP contribution in [0.3, 0.4) is 0 Å². The quantitative estimate of drug-likeness (QED) is 0.0781. The number of anilines is 3. The third-order valence-corrected chi connectivity index (χ3v) is 5.74. The molecule has 0 fully saturated rings. The van der Waals surface area contributed by atoms with Gasteiger partial charge in [0.25, 0.3) is 0 Å². The maximum absolute atomic E-state index is 11.4. The lowest BCUT2D eigenvalue weighted by Gasteiger charge is -2.31. The standard InChI is InChI=1S/C18H16N6O6S3/c25-15(26)13-14(16(27)28)20-12-7-10(4-5-11(12)19-13)33-30-29-23-8-2-1-3-9(6-8)24-17(31)21-22-18(24)32/h1-7,13-14,19-20,23H,(H,21,31)(H,22,32)(H,25,26)(H,27,28).